The maximum atomic E-state index is 3.83. The first-order valence-electron chi connectivity index (χ1n) is 10.2. The van der Waals surface area contributed by atoms with Crippen molar-refractivity contribution in [2.24, 2.45) is 0 Å². The van der Waals surface area contributed by atoms with E-state index < -0.39 is 0 Å². The average Bonchev–Trinajstić information content (AvgIpc) is 2.92. The molecule has 3 rings (SSSR count). The van der Waals surface area contributed by atoms with Crippen molar-refractivity contribution in [2.75, 3.05) is 0 Å². The average molecular weight is 349 g/mol. The second-order valence-electron chi connectivity index (χ2n) is 8.52. The van der Waals surface area contributed by atoms with Crippen molar-refractivity contribution in [3.8, 4) is 0 Å². The van der Waals surface area contributed by atoms with Crippen molar-refractivity contribution in [3.63, 3.8) is 0 Å². The molecule has 1 aliphatic carbocycles. The highest BCUT2D eigenvalue weighted by molar-refractivity contribution is 5.98. The van der Waals surface area contributed by atoms with E-state index in [1.54, 1.807) is 0 Å². The molecular weight excluding hydrogens is 315 g/mol. The summed E-state index contributed by atoms with van der Waals surface area (Å²) < 4.78 is 0. The fourth-order valence-electron chi connectivity index (χ4n) is 4.05. The van der Waals surface area contributed by atoms with Gasteiger partial charge < -0.3 is 5.32 Å². The van der Waals surface area contributed by atoms with Gasteiger partial charge in [-0.25, -0.2) is 0 Å². The van der Waals surface area contributed by atoms with Gasteiger partial charge in [-0.15, -0.1) is 0 Å². The van der Waals surface area contributed by atoms with Crippen LogP contribution in [0, 0.1) is 0 Å². The Morgan fingerprint density at radius 3 is 2.23 bits per heavy atom. The minimum atomic E-state index is 0.0412. The van der Waals surface area contributed by atoms with Crippen molar-refractivity contribution in [1.29, 1.82) is 0 Å². The molecule has 0 amide bonds. The highest BCUT2D eigenvalue weighted by Crippen LogP contribution is 2.48. The van der Waals surface area contributed by atoms with Crippen molar-refractivity contribution >= 4 is 11.3 Å². The number of rotatable bonds is 7. The van der Waals surface area contributed by atoms with Gasteiger partial charge in [0.25, 0.3) is 0 Å². The van der Waals surface area contributed by atoms with Crippen molar-refractivity contribution in [2.45, 2.75) is 71.3 Å². The van der Waals surface area contributed by atoms with Gasteiger partial charge in [0.05, 0.1) is 0 Å². The number of nitrogens with one attached hydrogen (secondary N) is 1. The lowest BCUT2D eigenvalue weighted by Crippen LogP contribution is -2.34. The first kappa shape index (κ1) is 18.8. The number of benzene rings is 2. The summed E-state index contributed by atoms with van der Waals surface area (Å²) in [7, 11) is 0. The molecule has 138 valence electrons. The van der Waals surface area contributed by atoms with Gasteiger partial charge in [0.15, 0.2) is 0 Å². The topological polar surface area (TPSA) is 12.0 Å². The summed E-state index contributed by atoms with van der Waals surface area (Å²) in [6.45, 7) is 9.03. The molecule has 2 aromatic rings. The van der Waals surface area contributed by atoms with Crippen LogP contribution in [0.25, 0.3) is 11.3 Å². The predicted molar refractivity (Wildman–Crippen MR) is 114 cm³/mol. The van der Waals surface area contributed by atoms with Crippen molar-refractivity contribution in [1.82, 2.24) is 5.32 Å². The Hall–Kier alpha value is -2.02. The molecule has 1 N–H and O–H groups in total. The zero-order chi connectivity index (χ0) is 18.6. The van der Waals surface area contributed by atoms with E-state index in [9.17, 15) is 0 Å². The number of hydrogen-bond acceptors (Lipinski definition) is 1. The molecule has 0 heterocycles. The Kier molecular flexibility index (Phi) is 5.86. The molecule has 0 saturated carbocycles. The second-order valence-corrected chi connectivity index (χ2v) is 8.52. The second kappa shape index (κ2) is 8.12. The van der Waals surface area contributed by atoms with Gasteiger partial charge in [0.1, 0.15) is 0 Å². The predicted octanol–water partition coefficient (Wildman–Crippen LogP) is 7.01. The molecule has 0 fully saturated rings. The van der Waals surface area contributed by atoms with Gasteiger partial charge in [-0.1, -0.05) is 87.2 Å². The van der Waals surface area contributed by atoms with Crippen molar-refractivity contribution < 1.29 is 0 Å². The van der Waals surface area contributed by atoms with E-state index >= 15 is 0 Å². The van der Waals surface area contributed by atoms with E-state index in [0.29, 0.717) is 5.92 Å². The third-order valence-corrected chi connectivity index (χ3v) is 5.15. The van der Waals surface area contributed by atoms with E-state index in [1.807, 2.05) is 0 Å². The number of fused-ring (bicyclic) bond motifs is 1. The monoisotopic (exact) mass is 348 g/mol. The van der Waals surface area contributed by atoms with Gasteiger partial charge in [0, 0.05) is 22.7 Å². The molecule has 0 aliphatic heterocycles. The minimum Gasteiger partial charge on any atom is -0.380 e. The SMILES string of the molecule is CCCCCC[13CH]1C(c2ccccc2)=C(NC(C)(C)C)c2ccccc21. The van der Waals surface area contributed by atoms with Gasteiger partial charge in [-0.05, 0) is 43.9 Å². The molecule has 1 heteroatoms. The first-order chi connectivity index (χ1) is 12.5. The number of unbranched alkanes of at least 4 members (excludes halogenated alkanes) is 3. The summed E-state index contributed by atoms with van der Waals surface area (Å²) in [6.07, 6.45) is 6.49. The Bertz CT molecular complexity index is 749. The molecule has 26 heavy (non-hydrogen) atoms. The van der Waals surface area contributed by atoms with Crippen LogP contribution in [-0.4, -0.2) is 5.54 Å². The van der Waals surface area contributed by atoms with Gasteiger partial charge >= 0.3 is 0 Å². The Labute approximate surface area is 159 Å². The van der Waals surface area contributed by atoms with Crippen LogP contribution in [0.2, 0.25) is 0 Å². The van der Waals surface area contributed by atoms with Crippen LogP contribution >= 0.6 is 0 Å². The van der Waals surface area contributed by atoms with E-state index in [0.717, 1.165) is 0 Å². The molecule has 1 aliphatic rings. The lowest BCUT2D eigenvalue weighted by atomic mass is 10.0. The Morgan fingerprint density at radius 2 is 1.54 bits per heavy atom. The maximum absolute atomic E-state index is 3.83. The highest BCUT2D eigenvalue weighted by atomic mass is 15.0. The molecule has 0 saturated heterocycles. The summed E-state index contributed by atoms with van der Waals surface area (Å²) in [6, 6.07) is 20.0. The van der Waals surface area contributed by atoms with Crippen LogP contribution in [0.1, 0.15) is 82.4 Å². The van der Waals surface area contributed by atoms with Crippen LogP contribution < -0.4 is 5.32 Å². The summed E-state index contributed by atoms with van der Waals surface area (Å²) >= 11 is 0. The molecule has 0 spiro atoms. The van der Waals surface area contributed by atoms with E-state index in [4.69, 9.17) is 0 Å². The summed E-state index contributed by atoms with van der Waals surface area (Å²) in [5, 5.41) is 3.83. The van der Waals surface area contributed by atoms with E-state index in [1.165, 1.54) is 60.1 Å². The molecule has 0 bridgehead atoms. The van der Waals surface area contributed by atoms with Gasteiger partial charge in [-0.2, -0.15) is 0 Å². The zero-order valence-electron chi connectivity index (χ0n) is 16.8. The molecular formula is C25H33N. The molecule has 2 aromatic carbocycles. The van der Waals surface area contributed by atoms with E-state index in [-0.39, 0.29) is 5.54 Å². The number of allylic oxidation sites excluding steroid dienone is 1. The quantitative estimate of drug-likeness (QED) is 0.419. The fraction of sp³-hybridized carbons (Fsp3) is 0.440. The molecule has 1 unspecified atom stereocenters. The molecule has 1 nitrogen and oxygen atoms in total. The standard InChI is InChI=1S/C25H33N/c1-5-6-7-11-17-21-20-16-12-13-18-22(20)24(26-25(2,3)4)23(21)19-14-9-8-10-15-19/h8-10,12-16,18,21,26H,5-7,11,17H2,1-4H3/i21+1. The molecule has 0 radical (unpaired) electrons. The highest BCUT2D eigenvalue weighted by Gasteiger charge is 2.33. The third-order valence-electron chi connectivity index (χ3n) is 5.15. The Morgan fingerprint density at radius 1 is 0.846 bits per heavy atom. The Balaban J connectivity index is 2.04. The molecule has 0 aromatic heterocycles. The van der Waals surface area contributed by atoms with Crippen LogP contribution in [0.3, 0.4) is 0 Å². The van der Waals surface area contributed by atoms with Gasteiger partial charge in [0.2, 0.25) is 0 Å². The maximum Gasteiger partial charge on any atom is 0.0465 e. The zero-order valence-corrected chi connectivity index (χ0v) is 16.8. The summed E-state index contributed by atoms with van der Waals surface area (Å²) in [5.74, 6) is 0.496. The van der Waals surface area contributed by atoms with Crippen LogP contribution in [0.4, 0.5) is 0 Å². The smallest absolute Gasteiger partial charge is 0.0465 e. The molecule has 1 atom stereocenters. The lowest BCUT2D eigenvalue weighted by Gasteiger charge is -2.25. The van der Waals surface area contributed by atoms with Crippen LogP contribution in [-0.2, 0) is 0 Å². The number of hydrogen-bond donors (Lipinski definition) is 1. The largest absolute Gasteiger partial charge is 0.380 e. The minimum absolute atomic E-state index is 0.0412. The lowest BCUT2D eigenvalue weighted by molar-refractivity contribution is 0.502. The first-order valence-corrected chi connectivity index (χ1v) is 10.2. The summed E-state index contributed by atoms with van der Waals surface area (Å²) in [5.41, 5.74) is 7.10. The van der Waals surface area contributed by atoms with Crippen molar-refractivity contribution in [3.05, 3.63) is 71.3 Å². The van der Waals surface area contributed by atoms with E-state index in [2.05, 4.69) is 87.6 Å². The third kappa shape index (κ3) is 4.20. The normalized spacial score (nSPS) is 16.7. The summed E-state index contributed by atoms with van der Waals surface area (Å²) in [4.78, 5) is 0. The van der Waals surface area contributed by atoms with Crippen LogP contribution in [0.15, 0.2) is 54.6 Å². The fourth-order valence-corrected chi connectivity index (χ4v) is 4.05. The van der Waals surface area contributed by atoms with Crippen LogP contribution in [0.5, 0.6) is 0 Å². The van der Waals surface area contributed by atoms with Gasteiger partial charge in [-0.3, -0.25) is 0 Å².